The Hall–Kier alpha value is -3.33. The van der Waals surface area contributed by atoms with E-state index < -0.39 is 18.5 Å². The Kier molecular flexibility index (Phi) is 6.55. The fourth-order valence-corrected chi connectivity index (χ4v) is 2.05. The fourth-order valence-electron chi connectivity index (χ4n) is 2.05. The van der Waals surface area contributed by atoms with Crippen molar-refractivity contribution in [1.82, 2.24) is 0 Å². The van der Waals surface area contributed by atoms with E-state index in [0.29, 0.717) is 17.0 Å². The van der Waals surface area contributed by atoms with Gasteiger partial charge in [-0.3, -0.25) is 9.59 Å². The number of benzene rings is 2. The molecule has 0 unspecified atom stereocenters. The van der Waals surface area contributed by atoms with Crippen molar-refractivity contribution >= 4 is 17.6 Å². The number of para-hydroxylation sites is 1. The lowest BCUT2D eigenvalue weighted by Gasteiger charge is -2.09. The number of hydrogen-bond donors (Lipinski definition) is 1. The van der Waals surface area contributed by atoms with E-state index in [9.17, 15) is 9.59 Å². The highest BCUT2D eigenvalue weighted by Gasteiger charge is 2.10. The lowest BCUT2D eigenvalue weighted by Crippen LogP contribution is -2.22. The third-order valence-electron chi connectivity index (χ3n) is 3.25. The number of nitrogens with zero attached hydrogens (tertiary/aromatic N) is 1. The van der Waals surface area contributed by atoms with Crippen LogP contribution in [-0.4, -0.2) is 25.1 Å². The molecule has 25 heavy (non-hydrogen) atoms. The Morgan fingerprint density at radius 3 is 2.72 bits per heavy atom. The van der Waals surface area contributed by atoms with Gasteiger partial charge in [0.1, 0.15) is 11.8 Å². The molecule has 0 aliphatic rings. The van der Waals surface area contributed by atoms with Crippen molar-refractivity contribution in [2.45, 2.75) is 13.3 Å². The molecule has 0 saturated heterocycles. The number of nitrogens with one attached hydrogen (secondary N) is 1. The summed E-state index contributed by atoms with van der Waals surface area (Å²) in [5.41, 5.74) is 1.79. The predicted octanol–water partition coefficient (Wildman–Crippen LogP) is 2.82. The first kappa shape index (κ1) is 18.0. The van der Waals surface area contributed by atoms with Gasteiger partial charge in [-0.1, -0.05) is 24.3 Å². The quantitative estimate of drug-likeness (QED) is 0.784. The molecule has 0 heterocycles. The number of rotatable bonds is 7. The van der Waals surface area contributed by atoms with E-state index in [1.807, 2.05) is 31.2 Å². The Bertz CT molecular complexity index is 796. The Morgan fingerprint density at radius 1 is 1.16 bits per heavy atom. The highest BCUT2D eigenvalue weighted by atomic mass is 16.5. The minimum Gasteiger partial charge on any atom is -0.493 e. The van der Waals surface area contributed by atoms with Gasteiger partial charge in [0, 0.05) is 0 Å². The maximum atomic E-state index is 11.8. The van der Waals surface area contributed by atoms with Gasteiger partial charge in [-0.15, -0.1) is 0 Å². The van der Waals surface area contributed by atoms with E-state index in [1.165, 1.54) is 0 Å². The van der Waals surface area contributed by atoms with Crippen LogP contribution in [-0.2, 0) is 14.3 Å². The van der Waals surface area contributed by atoms with Crippen LogP contribution in [0, 0.1) is 18.3 Å². The lowest BCUT2D eigenvalue weighted by molar-refractivity contribution is -0.147. The van der Waals surface area contributed by atoms with Crippen molar-refractivity contribution in [3.63, 3.8) is 0 Å². The zero-order chi connectivity index (χ0) is 18.1. The summed E-state index contributed by atoms with van der Waals surface area (Å²) in [6.07, 6.45) is 0.0377. The molecule has 6 heteroatoms. The summed E-state index contributed by atoms with van der Waals surface area (Å²) in [7, 11) is 0. The number of aryl methyl sites for hydroxylation is 1. The standard InChI is InChI=1S/C19H18N2O4/c1-14-5-4-7-16(11-14)24-10-9-19(23)25-13-18(22)21-17-8-3-2-6-15(17)12-20/h2-8,11H,9-10,13H2,1H3,(H,21,22). The maximum Gasteiger partial charge on any atom is 0.309 e. The number of nitriles is 1. The monoisotopic (exact) mass is 338 g/mol. The smallest absolute Gasteiger partial charge is 0.309 e. The Balaban J connectivity index is 1.71. The molecule has 0 aliphatic heterocycles. The second-order valence-electron chi connectivity index (χ2n) is 5.28. The Labute approximate surface area is 146 Å². The zero-order valence-corrected chi connectivity index (χ0v) is 13.8. The average Bonchev–Trinajstić information content (AvgIpc) is 2.60. The van der Waals surface area contributed by atoms with Crippen molar-refractivity contribution in [3.05, 3.63) is 59.7 Å². The van der Waals surface area contributed by atoms with Gasteiger partial charge < -0.3 is 14.8 Å². The molecule has 6 nitrogen and oxygen atoms in total. The summed E-state index contributed by atoms with van der Waals surface area (Å²) in [6.45, 7) is 1.70. The third-order valence-corrected chi connectivity index (χ3v) is 3.25. The summed E-state index contributed by atoms with van der Waals surface area (Å²) in [6, 6.07) is 16.0. The number of amides is 1. The first-order valence-electron chi connectivity index (χ1n) is 7.72. The molecular formula is C19H18N2O4. The van der Waals surface area contributed by atoms with Crippen LogP contribution in [0.1, 0.15) is 17.5 Å². The highest BCUT2D eigenvalue weighted by Crippen LogP contribution is 2.14. The molecule has 0 saturated carbocycles. The highest BCUT2D eigenvalue weighted by molar-refractivity contribution is 5.93. The zero-order valence-electron chi connectivity index (χ0n) is 13.8. The first-order chi connectivity index (χ1) is 12.1. The van der Waals surface area contributed by atoms with Crippen molar-refractivity contribution in [2.75, 3.05) is 18.5 Å². The van der Waals surface area contributed by atoms with Crippen molar-refractivity contribution in [3.8, 4) is 11.8 Å². The molecule has 0 aliphatic carbocycles. The summed E-state index contributed by atoms with van der Waals surface area (Å²) in [5, 5.41) is 11.5. The molecule has 2 aromatic rings. The largest absolute Gasteiger partial charge is 0.493 e. The van der Waals surface area contributed by atoms with Crippen molar-refractivity contribution in [1.29, 1.82) is 5.26 Å². The molecule has 0 spiro atoms. The SMILES string of the molecule is Cc1cccc(OCCC(=O)OCC(=O)Nc2ccccc2C#N)c1. The van der Waals surface area contributed by atoms with E-state index in [1.54, 1.807) is 30.3 Å². The van der Waals surface area contributed by atoms with Crippen LogP contribution in [0.25, 0.3) is 0 Å². The van der Waals surface area contributed by atoms with Crippen molar-refractivity contribution < 1.29 is 19.1 Å². The Morgan fingerprint density at radius 2 is 1.96 bits per heavy atom. The molecular weight excluding hydrogens is 320 g/mol. The number of anilines is 1. The number of hydrogen-bond acceptors (Lipinski definition) is 5. The molecule has 2 aromatic carbocycles. The molecule has 2 rings (SSSR count). The molecule has 0 atom stereocenters. The minimum absolute atomic E-state index is 0.0377. The van der Waals surface area contributed by atoms with E-state index in [0.717, 1.165) is 5.56 Å². The average molecular weight is 338 g/mol. The summed E-state index contributed by atoms with van der Waals surface area (Å²) < 4.78 is 10.4. The van der Waals surface area contributed by atoms with Crippen LogP contribution < -0.4 is 10.1 Å². The summed E-state index contributed by atoms with van der Waals surface area (Å²) in [4.78, 5) is 23.4. The molecule has 1 N–H and O–H groups in total. The second kappa shape index (κ2) is 9.08. The van der Waals surface area contributed by atoms with Gasteiger partial charge in [0.2, 0.25) is 0 Å². The number of ether oxygens (including phenoxy) is 2. The van der Waals surface area contributed by atoms with Crippen LogP contribution in [0.2, 0.25) is 0 Å². The lowest BCUT2D eigenvalue weighted by atomic mass is 10.2. The van der Waals surface area contributed by atoms with Crippen LogP contribution in [0.15, 0.2) is 48.5 Å². The van der Waals surface area contributed by atoms with Gasteiger partial charge in [-0.25, -0.2) is 0 Å². The summed E-state index contributed by atoms with van der Waals surface area (Å²) in [5.74, 6) is -0.356. The first-order valence-corrected chi connectivity index (χ1v) is 7.72. The normalized spacial score (nSPS) is 9.76. The minimum atomic E-state index is -0.531. The van der Waals surface area contributed by atoms with Crippen LogP contribution >= 0.6 is 0 Å². The molecule has 128 valence electrons. The van der Waals surface area contributed by atoms with E-state index in [2.05, 4.69) is 5.32 Å². The van der Waals surface area contributed by atoms with Gasteiger partial charge in [0.25, 0.3) is 5.91 Å². The third kappa shape index (κ3) is 5.99. The number of carbonyl (C=O) groups excluding carboxylic acids is 2. The van der Waals surface area contributed by atoms with E-state index in [-0.39, 0.29) is 13.0 Å². The van der Waals surface area contributed by atoms with Crippen molar-refractivity contribution in [2.24, 2.45) is 0 Å². The van der Waals surface area contributed by atoms with Crippen LogP contribution in [0.4, 0.5) is 5.69 Å². The van der Waals surface area contributed by atoms with Crippen LogP contribution in [0.3, 0.4) is 0 Å². The topological polar surface area (TPSA) is 88.4 Å². The van der Waals surface area contributed by atoms with Gasteiger partial charge in [-0.2, -0.15) is 5.26 Å². The fraction of sp³-hybridized carbons (Fsp3) is 0.211. The van der Waals surface area contributed by atoms with Gasteiger partial charge in [0.15, 0.2) is 6.61 Å². The number of carbonyl (C=O) groups is 2. The molecule has 0 aromatic heterocycles. The molecule has 0 fully saturated rings. The second-order valence-corrected chi connectivity index (χ2v) is 5.28. The predicted molar refractivity (Wildman–Crippen MR) is 92.0 cm³/mol. The van der Waals surface area contributed by atoms with Gasteiger partial charge in [0.05, 0.1) is 24.3 Å². The van der Waals surface area contributed by atoms with E-state index >= 15 is 0 Å². The molecule has 0 radical (unpaired) electrons. The summed E-state index contributed by atoms with van der Waals surface area (Å²) >= 11 is 0. The van der Waals surface area contributed by atoms with E-state index in [4.69, 9.17) is 14.7 Å². The molecule has 0 bridgehead atoms. The number of esters is 1. The van der Waals surface area contributed by atoms with Gasteiger partial charge >= 0.3 is 5.97 Å². The maximum absolute atomic E-state index is 11.8. The van der Waals surface area contributed by atoms with Gasteiger partial charge in [-0.05, 0) is 36.8 Å². The van der Waals surface area contributed by atoms with Crippen LogP contribution in [0.5, 0.6) is 5.75 Å². The molecule has 1 amide bonds.